The number of carbonyl (C=O) groups is 1. The maximum absolute atomic E-state index is 11.4. The van der Waals surface area contributed by atoms with Crippen molar-refractivity contribution in [2.75, 3.05) is 12.4 Å². The fourth-order valence-electron chi connectivity index (χ4n) is 2.70. The Morgan fingerprint density at radius 1 is 1.20 bits per heavy atom. The Kier molecular flexibility index (Phi) is 3.52. The highest BCUT2D eigenvalue weighted by atomic mass is 16.1. The SMILES string of the molecule is CNC(Cc1ccccc1)c1ccc2c(c1)CC(=O)N2. The summed E-state index contributed by atoms with van der Waals surface area (Å²) < 4.78 is 0. The van der Waals surface area contributed by atoms with Crippen molar-refractivity contribution < 1.29 is 4.79 Å². The predicted octanol–water partition coefficient (Wildman–Crippen LogP) is 2.68. The van der Waals surface area contributed by atoms with Crippen molar-refractivity contribution in [2.45, 2.75) is 18.9 Å². The van der Waals surface area contributed by atoms with Crippen LogP contribution >= 0.6 is 0 Å². The monoisotopic (exact) mass is 266 g/mol. The Hall–Kier alpha value is -2.13. The van der Waals surface area contributed by atoms with Gasteiger partial charge in [0.2, 0.25) is 5.91 Å². The van der Waals surface area contributed by atoms with Gasteiger partial charge in [-0.2, -0.15) is 0 Å². The number of nitrogens with one attached hydrogen (secondary N) is 2. The molecule has 2 aromatic carbocycles. The minimum Gasteiger partial charge on any atom is -0.326 e. The van der Waals surface area contributed by atoms with Gasteiger partial charge in [0.25, 0.3) is 0 Å². The van der Waals surface area contributed by atoms with Crippen LogP contribution in [-0.2, 0) is 17.6 Å². The second kappa shape index (κ2) is 5.47. The lowest BCUT2D eigenvalue weighted by Gasteiger charge is -2.17. The molecular weight excluding hydrogens is 248 g/mol. The third-order valence-corrected chi connectivity index (χ3v) is 3.79. The van der Waals surface area contributed by atoms with Gasteiger partial charge in [0, 0.05) is 11.7 Å². The molecule has 3 nitrogen and oxygen atoms in total. The average molecular weight is 266 g/mol. The van der Waals surface area contributed by atoms with Gasteiger partial charge in [-0.3, -0.25) is 4.79 Å². The molecule has 1 aliphatic heterocycles. The second-order valence-corrected chi connectivity index (χ2v) is 5.17. The summed E-state index contributed by atoms with van der Waals surface area (Å²) >= 11 is 0. The van der Waals surface area contributed by atoms with Crippen LogP contribution in [0, 0.1) is 0 Å². The third-order valence-electron chi connectivity index (χ3n) is 3.79. The lowest BCUT2D eigenvalue weighted by Crippen LogP contribution is -2.18. The molecule has 0 radical (unpaired) electrons. The molecule has 0 saturated carbocycles. The largest absolute Gasteiger partial charge is 0.326 e. The zero-order valence-corrected chi connectivity index (χ0v) is 11.5. The summed E-state index contributed by atoms with van der Waals surface area (Å²) in [5.74, 6) is 0.0845. The van der Waals surface area contributed by atoms with Gasteiger partial charge in [0.05, 0.1) is 6.42 Å². The Morgan fingerprint density at radius 3 is 2.75 bits per heavy atom. The van der Waals surface area contributed by atoms with E-state index < -0.39 is 0 Å². The molecule has 2 N–H and O–H groups in total. The van der Waals surface area contributed by atoms with Crippen molar-refractivity contribution in [2.24, 2.45) is 0 Å². The zero-order valence-electron chi connectivity index (χ0n) is 11.5. The summed E-state index contributed by atoms with van der Waals surface area (Å²) in [6.07, 6.45) is 1.43. The number of rotatable bonds is 4. The summed E-state index contributed by atoms with van der Waals surface area (Å²) in [5.41, 5.74) is 4.59. The quantitative estimate of drug-likeness (QED) is 0.893. The minimum atomic E-state index is 0.0845. The van der Waals surface area contributed by atoms with E-state index in [2.05, 4.69) is 47.0 Å². The predicted molar refractivity (Wildman–Crippen MR) is 80.7 cm³/mol. The molecule has 1 aliphatic rings. The molecule has 20 heavy (non-hydrogen) atoms. The fraction of sp³-hybridized carbons (Fsp3) is 0.235. The summed E-state index contributed by atoms with van der Waals surface area (Å²) in [4.78, 5) is 11.4. The Morgan fingerprint density at radius 2 is 2.00 bits per heavy atom. The molecule has 102 valence electrons. The molecule has 0 aromatic heterocycles. The lowest BCUT2D eigenvalue weighted by molar-refractivity contribution is -0.115. The molecule has 0 aliphatic carbocycles. The molecule has 0 saturated heterocycles. The first-order valence-electron chi connectivity index (χ1n) is 6.90. The minimum absolute atomic E-state index is 0.0845. The van der Waals surface area contributed by atoms with Crippen molar-refractivity contribution in [3.05, 3.63) is 65.2 Å². The molecule has 1 atom stereocenters. The highest BCUT2D eigenvalue weighted by Gasteiger charge is 2.19. The van der Waals surface area contributed by atoms with E-state index in [4.69, 9.17) is 0 Å². The molecule has 3 heteroatoms. The van der Waals surface area contributed by atoms with Gasteiger partial charge in [0.15, 0.2) is 0 Å². The van der Waals surface area contributed by atoms with Crippen LogP contribution in [0.15, 0.2) is 48.5 Å². The Balaban J connectivity index is 1.83. The number of amides is 1. The molecule has 1 heterocycles. The molecule has 0 bridgehead atoms. The van der Waals surface area contributed by atoms with Gasteiger partial charge in [-0.25, -0.2) is 0 Å². The summed E-state index contributed by atoms with van der Waals surface area (Å²) in [6, 6.07) is 16.9. The highest BCUT2D eigenvalue weighted by Crippen LogP contribution is 2.27. The van der Waals surface area contributed by atoms with Crippen LogP contribution in [0.3, 0.4) is 0 Å². The average Bonchev–Trinajstić information content (AvgIpc) is 2.85. The maximum atomic E-state index is 11.4. The van der Waals surface area contributed by atoms with Crippen molar-refractivity contribution in [3.63, 3.8) is 0 Å². The van der Waals surface area contributed by atoms with Crippen LogP contribution in [0.2, 0.25) is 0 Å². The topological polar surface area (TPSA) is 41.1 Å². The summed E-state index contributed by atoms with van der Waals surface area (Å²) in [7, 11) is 1.98. The second-order valence-electron chi connectivity index (χ2n) is 5.17. The summed E-state index contributed by atoms with van der Waals surface area (Å²) in [5, 5.41) is 6.24. The normalized spacial score (nSPS) is 14.8. The smallest absolute Gasteiger partial charge is 0.228 e. The lowest BCUT2D eigenvalue weighted by atomic mass is 9.97. The van der Waals surface area contributed by atoms with Crippen LogP contribution in [0.4, 0.5) is 5.69 Å². The van der Waals surface area contributed by atoms with E-state index in [1.807, 2.05) is 19.2 Å². The first-order chi connectivity index (χ1) is 9.76. The van der Waals surface area contributed by atoms with Crippen molar-refractivity contribution in [1.82, 2.24) is 5.32 Å². The standard InChI is InChI=1S/C17H18N2O/c1-18-16(9-12-5-3-2-4-6-12)13-7-8-15-14(10-13)11-17(20)19-15/h2-8,10,16,18H,9,11H2,1H3,(H,19,20). The molecule has 2 aromatic rings. The summed E-state index contributed by atoms with van der Waals surface area (Å²) in [6.45, 7) is 0. The first kappa shape index (κ1) is 12.9. The molecule has 1 amide bonds. The molecule has 0 spiro atoms. The van der Waals surface area contributed by atoms with E-state index in [0.29, 0.717) is 6.42 Å². The van der Waals surface area contributed by atoms with Gasteiger partial charge in [-0.05, 0) is 36.2 Å². The van der Waals surface area contributed by atoms with Gasteiger partial charge < -0.3 is 10.6 Å². The fourth-order valence-corrected chi connectivity index (χ4v) is 2.70. The van der Waals surface area contributed by atoms with Crippen LogP contribution < -0.4 is 10.6 Å². The third kappa shape index (κ3) is 2.58. The van der Waals surface area contributed by atoms with Crippen molar-refractivity contribution >= 4 is 11.6 Å². The number of hydrogen-bond donors (Lipinski definition) is 2. The Bertz CT molecular complexity index is 622. The van der Waals surface area contributed by atoms with Crippen molar-refractivity contribution in [1.29, 1.82) is 0 Å². The van der Waals surface area contributed by atoms with Gasteiger partial charge in [-0.1, -0.05) is 42.5 Å². The van der Waals surface area contributed by atoms with E-state index in [-0.39, 0.29) is 11.9 Å². The van der Waals surface area contributed by atoms with Crippen LogP contribution in [0.25, 0.3) is 0 Å². The number of carbonyl (C=O) groups excluding carboxylic acids is 1. The zero-order chi connectivity index (χ0) is 13.9. The molecule has 3 rings (SSSR count). The van der Waals surface area contributed by atoms with Gasteiger partial charge in [-0.15, -0.1) is 0 Å². The number of benzene rings is 2. The molecular formula is C17H18N2O. The number of hydrogen-bond acceptors (Lipinski definition) is 2. The van der Waals surface area contributed by atoms with Crippen molar-refractivity contribution in [3.8, 4) is 0 Å². The van der Waals surface area contributed by atoms with E-state index >= 15 is 0 Å². The maximum Gasteiger partial charge on any atom is 0.228 e. The van der Waals surface area contributed by atoms with E-state index in [0.717, 1.165) is 17.7 Å². The van der Waals surface area contributed by atoms with Crippen LogP contribution in [-0.4, -0.2) is 13.0 Å². The van der Waals surface area contributed by atoms with E-state index in [1.54, 1.807) is 0 Å². The molecule has 1 unspecified atom stereocenters. The first-order valence-corrected chi connectivity index (χ1v) is 6.90. The number of anilines is 1. The van der Waals surface area contributed by atoms with Crippen LogP contribution in [0.1, 0.15) is 22.7 Å². The van der Waals surface area contributed by atoms with E-state index in [1.165, 1.54) is 11.1 Å². The Labute approximate surface area is 119 Å². The number of likely N-dealkylation sites (N-methyl/N-ethyl adjacent to an activating group) is 1. The number of fused-ring (bicyclic) bond motifs is 1. The van der Waals surface area contributed by atoms with Gasteiger partial charge >= 0.3 is 0 Å². The van der Waals surface area contributed by atoms with E-state index in [9.17, 15) is 4.79 Å². The van der Waals surface area contributed by atoms with Gasteiger partial charge in [0.1, 0.15) is 0 Å². The van der Waals surface area contributed by atoms with Crippen LogP contribution in [0.5, 0.6) is 0 Å². The highest BCUT2D eigenvalue weighted by molar-refractivity contribution is 5.99. The molecule has 0 fully saturated rings.